The lowest BCUT2D eigenvalue weighted by atomic mass is 9.95. The molecule has 8 heteroatoms. The maximum Gasteiger partial charge on any atom is 0.225 e. The molecule has 1 aromatic rings. The van der Waals surface area contributed by atoms with Crippen molar-refractivity contribution in [2.45, 2.75) is 32.6 Å². The zero-order chi connectivity index (χ0) is 21.5. The van der Waals surface area contributed by atoms with Crippen molar-refractivity contribution in [3.8, 4) is 0 Å². The Labute approximate surface area is 177 Å². The highest BCUT2D eigenvalue weighted by Gasteiger charge is 2.30. The van der Waals surface area contributed by atoms with Crippen molar-refractivity contribution in [1.82, 2.24) is 15.1 Å². The fourth-order valence-corrected chi connectivity index (χ4v) is 4.03. The summed E-state index contributed by atoms with van der Waals surface area (Å²) < 4.78 is 32.5. The Morgan fingerprint density at radius 2 is 1.90 bits per heavy atom. The van der Waals surface area contributed by atoms with Crippen molar-refractivity contribution < 1.29 is 18.3 Å². The number of guanidine groups is 1. The Balaban J connectivity index is 1.57. The number of hydrogen-bond donors (Lipinski definition) is 1. The predicted octanol–water partition coefficient (Wildman–Crippen LogP) is 2.60. The van der Waals surface area contributed by atoms with Crippen LogP contribution in [0.25, 0.3) is 0 Å². The largest absolute Gasteiger partial charge is 0.378 e. The van der Waals surface area contributed by atoms with Gasteiger partial charge in [0.2, 0.25) is 5.91 Å². The van der Waals surface area contributed by atoms with Crippen LogP contribution in [0.4, 0.5) is 8.78 Å². The van der Waals surface area contributed by atoms with Crippen molar-refractivity contribution in [1.29, 1.82) is 0 Å². The minimum Gasteiger partial charge on any atom is -0.378 e. The molecule has 1 unspecified atom stereocenters. The Kier molecular flexibility index (Phi) is 8.01. The first-order chi connectivity index (χ1) is 14.5. The van der Waals surface area contributed by atoms with Gasteiger partial charge in [0.15, 0.2) is 5.96 Å². The van der Waals surface area contributed by atoms with Gasteiger partial charge in [-0.25, -0.2) is 8.78 Å². The molecule has 2 aliphatic rings. The standard InChI is InChI=1S/C22H32F2N4O2/c1-3-25-22(26-15-16(2)19-5-4-18(23)14-20(19)24)28-8-6-17(7-9-28)21(29)27-10-12-30-13-11-27/h4-5,14,16-17H,3,6-13,15H2,1-2H3,(H,25,26). The van der Waals surface area contributed by atoms with Gasteiger partial charge in [0.05, 0.1) is 13.2 Å². The van der Waals surface area contributed by atoms with Crippen molar-refractivity contribution in [2.75, 3.05) is 52.5 Å². The van der Waals surface area contributed by atoms with E-state index < -0.39 is 11.6 Å². The van der Waals surface area contributed by atoms with Crippen LogP contribution < -0.4 is 5.32 Å². The van der Waals surface area contributed by atoms with Crippen LogP contribution in [0.5, 0.6) is 0 Å². The number of likely N-dealkylation sites (tertiary alicyclic amines) is 1. The molecule has 1 atom stereocenters. The second-order valence-corrected chi connectivity index (χ2v) is 7.96. The Morgan fingerprint density at radius 3 is 2.53 bits per heavy atom. The molecule has 3 rings (SSSR count). The van der Waals surface area contributed by atoms with Gasteiger partial charge >= 0.3 is 0 Å². The van der Waals surface area contributed by atoms with Crippen LogP contribution in [-0.2, 0) is 9.53 Å². The Hall–Kier alpha value is -2.22. The average Bonchev–Trinajstić information content (AvgIpc) is 2.76. The molecule has 1 amide bonds. The number of benzene rings is 1. The molecule has 6 nitrogen and oxygen atoms in total. The summed E-state index contributed by atoms with van der Waals surface area (Å²) in [6, 6.07) is 3.68. The van der Waals surface area contributed by atoms with Crippen LogP contribution in [0.15, 0.2) is 23.2 Å². The summed E-state index contributed by atoms with van der Waals surface area (Å²) >= 11 is 0. The highest BCUT2D eigenvalue weighted by molar-refractivity contribution is 5.82. The van der Waals surface area contributed by atoms with Gasteiger partial charge in [-0.3, -0.25) is 9.79 Å². The van der Waals surface area contributed by atoms with Crippen LogP contribution in [0.1, 0.15) is 38.2 Å². The van der Waals surface area contributed by atoms with Crippen LogP contribution >= 0.6 is 0 Å². The molecular weight excluding hydrogens is 390 g/mol. The third kappa shape index (κ3) is 5.68. The summed E-state index contributed by atoms with van der Waals surface area (Å²) in [6.45, 7) is 9.13. The number of nitrogens with zero attached hydrogens (tertiary/aromatic N) is 3. The van der Waals surface area contributed by atoms with Crippen LogP contribution in [0.2, 0.25) is 0 Å². The van der Waals surface area contributed by atoms with Crippen molar-refractivity contribution in [3.05, 3.63) is 35.4 Å². The molecule has 0 saturated carbocycles. The summed E-state index contributed by atoms with van der Waals surface area (Å²) in [6.07, 6.45) is 1.59. The number of nitrogens with one attached hydrogen (secondary N) is 1. The molecule has 2 fully saturated rings. The zero-order valence-corrected chi connectivity index (χ0v) is 17.9. The molecule has 166 valence electrons. The number of morpholine rings is 1. The lowest BCUT2D eigenvalue weighted by Crippen LogP contribution is -2.50. The summed E-state index contributed by atoms with van der Waals surface area (Å²) in [5.74, 6) is -0.210. The first-order valence-electron chi connectivity index (χ1n) is 10.8. The Morgan fingerprint density at radius 1 is 1.20 bits per heavy atom. The maximum atomic E-state index is 14.0. The quantitative estimate of drug-likeness (QED) is 0.586. The minimum absolute atomic E-state index is 0.0504. The average molecular weight is 423 g/mol. The first kappa shape index (κ1) is 22.5. The zero-order valence-electron chi connectivity index (χ0n) is 17.9. The van der Waals surface area contributed by atoms with E-state index in [9.17, 15) is 13.6 Å². The SMILES string of the molecule is CCNC(=NCC(C)c1ccc(F)cc1F)N1CCC(C(=O)N2CCOCC2)CC1. The molecule has 2 saturated heterocycles. The summed E-state index contributed by atoms with van der Waals surface area (Å²) in [7, 11) is 0. The summed E-state index contributed by atoms with van der Waals surface area (Å²) in [5.41, 5.74) is 0.464. The van der Waals surface area contributed by atoms with Crippen LogP contribution in [0, 0.1) is 17.6 Å². The molecule has 0 bridgehead atoms. The van der Waals surface area contributed by atoms with Crippen molar-refractivity contribution >= 4 is 11.9 Å². The Bertz CT molecular complexity index is 745. The number of ether oxygens (including phenoxy) is 1. The molecule has 1 N–H and O–H groups in total. The monoisotopic (exact) mass is 422 g/mol. The van der Waals surface area contributed by atoms with Gasteiger partial charge in [-0.05, 0) is 31.4 Å². The maximum absolute atomic E-state index is 14.0. The number of carbonyl (C=O) groups is 1. The normalized spacial score (nSPS) is 19.7. The molecule has 0 radical (unpaired) electrons. The van der Waals surface area contributed by atoms with E-state index in [1.54, 1.807) is 0 Å². The smallest absolute Gasteiger partial charge is 0.225 e. The van der Waals surface area contributed by atoms with Crippen molar-refractivity contribution in [2.24, 2.45) is 10.9 Å². The van der Waals surface area contributed by atoms with E-state index >= 15 is 0 Å². The molecule has 0 spiro atoms. The number of piperidine rings is 1. The van der Waals surface area contributed by atoms with Crippen LogP contribution in [-0.4, -0.2) is 74.1 Å². The van der Waals surface area contributed by atoms with Gasteiger partial charge in [0, 0.05) is 57.2 Å². The third-order valence-electron chi connectivity index (χ3n) is 5.81. The summed E-state index contributed by atoms with van der Waals surface area (Å²) in [4.78, 5) is 21.5. The van der Waals surface area contributed by atoms with E-state index in [2.05, 4.69) is 10.2 Å². The van der Waals surface area contributed by atoms with E-state index in [4.69, 9.17) is 9.73 Å². The number of halogens is 2. The lowest BCUT2D eigenvalue weighted by Gasteiger charge is -2.36. The van der Waals surface area contributed by atoms with Gasteiger partial charge in [0.25, 0.3) is 0 Å². The minimum atomic E-state index is -0.574. The number of carbonyl (C=O) groups excluding carboxylic acids is 1. The van der Waals surface area contributed by atoms with Gasteiger partial charge in [-0.2, -0.15) is 0 Å². The lowest BCUT2D eigenvalue weighted by molar-refractivity contribution is -0.140. The third-order valence-corrected chi connectivity index (χ3v) is 5.81. The molecular formula is C22H32F2N4O2. The van der Waals surface area contributed by atoms with Gasteiger partial charge < -0.3 is 19.9 Å². The number of rotatable bonds is 5. The predicted molar refractivity (Wildman–Crippen MR) is 112 cm³/mol. The number of amides is 1. The molecule has 2 heterocycles. The van der Waals surface area contributed by atoms with Gasteiger partial charge in [-0.15, -0.1) is 0 Å². The molecule has 2 aliphatic heterocycles. The fraction of sp³-hybridized carbons (Fsp3) is 0.636. The fourth-order valence-electron chi connectivity index (χ4n) is 4.03. The number of aliphatic imine (C=N–C) groups is 1. The molecule has 30 heavy (non-hydrogen) atoms. The van der Waals surface area contributed by atoms with Gasteiger partial charge in [0.1, 0.15) is 11.6 Å². The van der Waals surface area contributed by atoms with E-state index in [0.717, 1.165) is 44.5 Å². The molecule has 0 aromatic heterocycles. The number of hydrogen-bond acceptors (Lipinski definition) is 3. The molecule has 0 aliphatic carbocycles. The van der Waals surface area contributed by atoms with E-state index in [-0.39, 0.29) is 17.7 Å². The highest BCUT2D eigenvalue weighted by atomic mass is 19.1. The van der Waals surface area contributed by atoms with Crippen molar-refractivity contribution in [3.63, 3.8) is 0 Å². The van der Waals surface area contributed by atoms with Gasteiger partial charge in [-0.1, -0.05) is 13.0 Å². The second-order valence-electron chi connectivity index (χ2n) is 7.96. The second kappa shape index (κ2) is 10.7. The topological polar surface area (TPSA) is 57.2 Å². The highest BCUT2D eigenvalue weighted by Crippen LogP contribution is 2.22. The first-order valence-corrected chi connectivity index (χ1v) is 10.8. The summed E-state index contributed by atoms with van der Waals surface area (Å²) in [5, 5.41) is 3.30. The van der Waals surface area contributed by atoms with E-state index in [1.165, 1.54) is 12.1 Å². The van der Waals surface area contributed by atoms with Crippen LogP contribution in [0.3, 0.4) is 0 Å². The molecule has 1 aromatic carbocycles. The van der Waals surface area contributed by atoms with E-state index in [0.29, 0.717) is 38.4 Å². The van der Waals surface area contributed by atoms with E-state index in [1.807, 2.05) is 18.7 Å².